The van der Waals surface area contributed by atoms with Gasteiger partial charge in [0.15, 0.2) is 17.3 Å². The summed E-state index contributed by atoms with van der Waals surface area (Å²) in [5, 5.41) is 3.80. The lowest BCUT2D eigenvalue weighted by atomic mass is 10.2. The highest BCUT2D eigenvalue weighted by atomic mass is 16.5. The van der Waals surface area contributed by atoms with Crippen molar-refractivity contribution in [3.05, 3.63) is 67.0 Å². The van der Waals surface area contributed by atoms with Crippen LogP contribution in [0, 0.1) is 0 Å². The minimum Gasteiger partial charge on any atom is -0.490 e. The van der Waals surface area contributed by atoms with E-state index in [4.69, 9.17) is 14.5 Å². The summed E-state index contributed by atoms with van der Waals surface area (Å²) in [4.78, 5) is 28.3. The van der Waals surface area contributed by atoms with Gasteiger partial charge in [-0.25, -0.2) is 9.97 Å². The van der Waals surface area contributed by atoms with Crippen molar-refractivity contribution in [1.29, 1.82) is 0 Å². The molecule has 0 saturated heterocycles. The number of carbonyl (C=O) groups excluding carboxylic acids is 1. The van der Waals surface area contributed by atoms with Gasteiger partial charge in [0.2, 0.25) is 5.91 Å². The normalized spacial score (nSPS) is 10.7. The van der Waals surface area contributed by atoms with Crippen LogP contribution in [0.25, 0.3) is 22.3 Å². The average molecular weight is 458 g/mol. The first kappa shape index (κ1) is 23.0. The number of likely N-dealkylation sites (N-methyl/N-ethyl adjacent to an activating group) is 1. The number of carbonyl (C=O) groups is 1. The molecule has 2 heterocycles. The van der Waals surface area contributed by atoms with Crippen molar-refractivity contribution in [2.45, 2.75) is 13.8 Å². The summed E-state index contributed by atoms with van der Waals surface area (Å²) in [7, 11) is 1.84. The van der Waals surface area contributed by atoms with E-state index in [2.05, 4.69) is 15.3 Å². The van der Waals surface area contributed by atoms with Crippen LogP contribution in [0.2, 0.25) is 0 Å². The second-order valence-corrected chi connectivity index (χ2v) is 7.56. The van der Waals surface area contributed by atoms with Crippen LogP contribution >= 0.6 is 0 Å². The van der Waals surface area contributed by atoms with E-state index in [0.29, 0.717) is 42.0 Å². The van der Waals surface area contributed by atoms with Crippen LogP contribution in [0.3, 0.4) is 0 Å². The Kier molecular flexibility index (Phi) is 7.17. The van der Waals surface area contributed by atoms with Crippen molar-refractivity contribution in [2.75, 3.05) is 37.0 Å². The van der Waals surface area contributed by atoms with Crippen LogP contribution < -0.4 is 19.7 Å². The zero-order valence-electron chi connectivity index (χ0n) is 19.5. The molecule has 2 aromatic heterocycles. The minimum atomic E-state index is -0.181. The van der Waals surface area contributed by atoms with Crippen LogP contribution in [0.5, 0.6) is 11.5 Å². The molecular weight excluding hydrogens is 430 g/mol. The van der Waals surface area contributed by atoms with Crippen molar-refractivity contribution in [3.8, 4) is 22.9 Å². The first-order valence-corrected chi connectivity index (χ1v) is 11.2. The third-order valence-electron chi connectivity index (χ3n) is 5.07. The van der Waals surface area contributed by atoms with Gasteiger partial charge < -0.3 is 19.7 Å². The maximum absolute atomic E-state index is 12.9. The van der Waals surface area contributed by atoms with Crippen LogP contribution in [0.1, 0.15) is 13.8 Å². The molecule has 4 rings (SSSR count). The van der Waals surface area contributed by atoms with Gasteiger partial charge in [0.25, 0.3) is 0 Å². The van der Waals surface area contributed by atoms with Crippen LogP contribution in [0.15, 0.2) is 67.0 Å². The molecule has 0 radical (unpaired) electrons. The molecular formula is C26H27N5O3. The molecule has 174 valence electrons. The molecule has 0 saturated carbocycles. The van der Waals surface area contributed by atoms with Gasteiger partial charge in [-0.15, -0.1) is 0 Å². The SMILES string of the molecule is CCOc1ccc(NC(=O)CN(C)c2nc(-c3cccnc3)nc3ccccc23)cc1OCC. The van der Waals surface area contributed by atoms with Crippen molar-refractivity contribution < 1.29 is 14.3 Å². The van der Waals surface area contributed by atoms with E-state index in [-0.39, 0.29) is 12.5 Å². The zero-order chi connectivity index (χ0) is 23.9. The van der Waals surface area contributed by atoms with Gasteiger partial charge in [-0.2, -0.15) is 0 Å². The number of ether oxygens (including phenoxy) is 2. The predicted molar refractivity (Wildman–Crippen MR) is 133 cm³/mol. The smallest absolute Gasteiger partial charge is 0.243 e. The number of anilines is 2. The van der Waals surface area contributed by atoms with E-state index < -0.39 is 0 Å². The Morgan fingerprint density at radius 3 is 2.53 bits per heavy atom. The Morgan fingerprint density at radius 2 is 1.76 bits per heavy atom. The molecule has 0 aliphatic heterocycles. The molecule has 0 aliphatic carbocycles. The number of hydrogen-bond donors (Lipinski definition) is 1. The highest BCUT2D eigenvalue weighted by molar-refractivity contribution is 5.97. The summed E-state index contributed by atoms with van der Waals surface area (Å²) in [5.41, 5.74) is 2.24. The van der Waals surface area contributed by atoms with Gasteiger partial charge in [-0.3, -0.25) is 9.78 Å². The summed E-state index contributed by atoms with van der Waals surface area (Å²) >= 11 is 0. The quantitative estimate of drug-likeness (QED) is 0.394. The predicted octanol–water partition coefficient (Wildman–Crippen LogP) is 4.56. The molecule has 0 unspecified atom stereocenters. The molecule has 0 fully saturated rings. The number of fused-ring (bicyclic) bond motifs is 1. The molecule has 34 heavy (non-hydrogen) atoms. The Balaban J connectivity index is 1.57. The van der Waals surface area contributed by atoms with E-state index >= 15 is 0 Å². The molecule has 0 aliphatic rings. The zero-order valence-corrected chi connectivity index (χ0v) is 19.5. The van der Waals surface area contributed by atoms with Crippen LogP contribution in [-0.4, -0.2) is 47.7 Å². The molecule has 0 atom stereocenters. The van der Waals surface area contributed by atoms with Gasteiger partial charge in [-0.05, 0) is 50.2 Å². The molecule has 8 nitrogen and oxygen atoms in total. The van der Waals surface area contributed by atoms with Gasteiger partial charge in [0.1, 0.15) is 5.82 Å². The van der Waals surface area contributed by atoms with Crippen molar-refractivity contribution in [2.24, 2.45) is 0 Å². The topological polar surface area (TPSA) is 89.5 Å². The molecule has 1 amide bonds. The monoisotopic (exact) mass is 457 g/mol. The maximum Gasteiger partial charge on any atom is 0.243 e. The number of nitrogens with zero attached hydrogens (tertiary/aromatic N) is 4. The Morgan fingerprint density at radius 1 is 0.971 bits per heavy atom. The van der Waals surface area contributed by atoms with Gasteiger partial charge in [-0.1, -0.05) is 12.1 Å². The lowest BCUT2D eigenvalue weighted by Crippen LogP contribution is -2.31. The van der Waals surface area contributed by atoms with Crippen molar-refractivity contribution in [1.82, 2.24) is 15.0 Å². The third kappa shape index (κ3) is 5.23. The Bertz CT molecular complexity index is 1280. The van der Waals surface area contributed by atoms with Crippen molar-refractivity contribution in [3.63, 3.8) is 0 Å². The van der Waals surface area contributed by atoms with Gasteiger partial charge >= 0.3 is 0 Å². The molecule has 2 aromatic carbocycles. The molecule has 0 bridgehead atoms. The van der Waals surface area contributed by atoms with Crippen molar-refractivity contribution >= 4 is 28.3 Å². The Labute approximate surface area is 198 Å². The third-order valence-corrected chi connectivity index (χ3v) is 5.07. The largest absolute Gasteiger partial charge is 0.490 e. The number of rotatable bonds is 9. The first-order valence-electron chi connectivity index (χ1n) is 11.2. The number of benzene rings is 2. The van der Waals surface area contributed by atoms with Gasteiger partial charge in [0.05, 0.1) is 25.3 Å². The van der Waals surface area contributed by atoms with E-state index in [1.807, 2.05) is 62.2 Å². The number of aromatic nitrogens is 3. The summed E-state index contributed by atoms with van der Waals surface area (Å²) in [6, 6.07) is 16.9. The fourth-order valence-corrected chi connectivity index (χ4v) is 3.59. The second kappa shape index (κ2) is 10.6. The summed E-state index contributed by atoms with van der Waals surface area (Å²) in [6.07, 6.45) is 3.43. The molecule has 1 N–H and O–H groups in total. The van der Waals surface area contributed by atoms with Crippen LogP contribution in [0.4, 0.5) is 11.5 Å². The first-order chi connectivity index (χ1) is 16.6. The molecule has 4 aromatic rings. The highest BCUT2D eigenvalue weighted by Gasteiger charge is 2.16. The number of pyridine rings is 1. The molecule has 0 spiro atoms. The number of amides is 1. The molecule has 8 heteroatoms. The van der Waals surface area contributed by atoms with E-state index in [1.165, 1.54) is 0 Å². The summed E-state index contributed by atoms with van der Waals surface area (Å²) < 4.78 is 11.3. The number of nitrogens with one attached hydrogen (secondary N) is 1. The maximum atomic E-state index is 12.9. The number of para-hydroxylation sites is 1. The van der Waals surface area contributed by atoms with Gasteiger partial charge in [0, 0.05) is 42.1 Å². The van der Waals surface area contributed by atoms with E-state index in [0.717, 1.165) is 16.5 Å². The average Bonchev–Trinajstić information content (AvgIpc) is 2.85. The number of hydrogen-bond acceptors (Lipinski definition) is 7. The standard InChI is InChI=1S/C26H27N5O3/c1-4-33-22-13-12-19(15-23(22)34-5-2)28-24(32)17-31(3)26-20-10-6-7-11-21(20)29-25(30-26)18-9-8-14-27-16-18/h6-16H,4-5,17H2,1-3H3,(H,28,32). The highest BCUT2D eigenvalue weighted by Crippen LogP contribution is 2.31. The lowest BCUT2D eigenvalue weighted by Gasteiger charge is -2.20. The fraction of sp³-hybridized carbons (Fsp3) is 0.231. The second-order valence-electron chi connectivity index (χ2n) is 7.56. The van der Waals surface area contributed by atoms with E-state index in [1.54, 1.807) is 30.6 Å². The summed E-state index contributed by atoms with van der Waals surface area (Å²) in [6.45, 7) is 4.95. The minimum absolute atomic E-state index is 0.102. The Hall–Kier alpha value is -4.20. The fourth-order valence-electron chi connectivity index (χ4n) is 3.59. The summed E-state index contributed by atoms with van der Waals surface area (Å²) in [5.74, 6) is 2.29. The van der Waals surface area contributed by atoms with E-state index in [9.17, 15) is 4.79 Å². The van der Waals surface area contributed by atoms with Crippen LogP contribution in [-0.2, 0) is 4.79 Å². The lowest BCUT2D eigenvalue weighted by molar-refractivity contribution is -0.114.